The van der Waals surface area contributed by atoms with Gasteiger partial charge < -0.3 is 9.30 Å². The van der Waals surface area contributed by atoms with E-state index in [9.17, 15) is 4.79 Å². The van der Waals surface area contributed by atoms with Crippen molar-refractivity contribution in [2.24, 2.45) is 5.92 Å². The maximum absolute atomic E-state index is 12.2. The van der Waals surface area contributed by atoms with Crippen LogP contribution in [0, 0.1) is 12.8 Å². The molecule has 2 heterocycles. The average molecular weight is 339 g/mol. The lowest BCUT2D eigenvalue weighted by atomic mass is 9.80. The summed E-state index contributed by atoms with van der Waals surface area (Å²) in [7, 11) is 0. The van der Waals surface area contributed by atoms with Crippen LogP contribution in [0.15, 0.2) is 18.2 Å². The number of rotatable bonds is 4. The van der Waals surface area contributed by atoms with Gasteiger partial charge in [-0.1, -0.05) is 37.5 Å². The average Bonchev–Trinajstić information content (AvgIpc) is 2.91. The van der Waals surface area contributed by atoms with Crippen molar-refractivity contribution in [2.75, 3.05) is 6.61 Å². The number of benzene rings is 1. The summed E-state index contributed by atoms with van der Waals surface area (Å²) in [6.45, 7) is 4.53. The van der Waals surface area contributed by atoms with Crippen LogP contribution in [0.4, 0.5) is 0 Å². The molecule has 0 amide bonds. The molecule has 2 aliphatic rings. The molecule has 1 saturated carbocycles. The molecule has 0 saturated heterocycles. The molecular formula is C22H29NO2. The van der Waals surface area contributed by atoms with Gasteiger partial charge >= 0.3 is 5.97 Å². The summed E-state index contributed by atoms with van der Waals surface area (Å²) in [5.74, 6) is 0.690. The first-order valence-electron chi connectivity index (χ1n) is 9.97. The Labute approximate surface area is 150 Å². The molecule has 0 radical (unpaired) electrons. The van der Waals surface area contributed by atoms with Gasteiger partial charge in [0.05, 0.1) is 18.5 Å². The summed E-state index contributed by atoms with van der Waals surface area (Å²) in [4.78, 5) is 12.2. The number of aromatic nitrogens is 1. The van der Waals surface area contributed by atoms with Crippen molar-refractivity contribution in [2.45, 2.75) is 71.3 Å². The topological polar surface area (TPSA) is 31.2 Å². The molecule has 1 aromatic heterocycles. The summed E-state index contributed by atoms with van der Waals surface area (Å²) in [5.41, 5.74) is 5.30. The number of para-hydroxylation sites is 1. The second kappa shape index (κ2) is 6.86. The maximum atomic E-state index is 12.2. The number of ether oxygens (including phenoxy) is 1. The first kappa shape index (κ1) is 16.7. The second-order valence-corrected chi connectivity index (χ2v) is 7.73. The van der Waals surface area contributed by atoms with E-state index in [1.165, 1.54) is 72.7 Å². The van der Waals surface area contributed by atoms with Crippen molar-refractivity contribution in [3.63, 3.8) is 0 Å². The highest BCUT2D eigenvalue weighted by molar-refractivity contribution is 5.92. The monoisotopic (exact) mass is 339 g/mol. The molecule has 134 valence electrons. The lowest BCUT2D eigenvalue weighted by Gasteiger charge is -2.36. The SMILES string of the molecule is CCOC(=O)Cc1c(C)n2c3c(cccc13)CCC2C1CCCCC1. The quantitative estimate of drug-likeness (QED) is 0.724. The zero-order valence-electron chi connectivity index (χ0n) is 15.5. The minimum atomic E-state index is -0.108. The van der Waals surface area contributed by atoms with Crippen LogP contribution in [0.1, 0.15) is 68.3 Å². The van der Waals surface area contributed by atoms with Gasteiger partial charge in [0.25, 0.3) is 0 Å². The Hall–Kier alpha value is -1.77. The molecule has 0 N–H and O–H groups in total. The fourth-order valence-corrected chi connectivity index (χ4v) is 5.22. The largest absolute Gasteiger partial charge is 0.466 e. The molecule has 1 aromatic carbocycles. The molecular weight excluding hydrogens is 310 g/mol. The number of carbonyl (C=O) groups is 1. The van der Waals surface area contributed by atoms with Gasteiger partial charge in [-0.25, -0.2) is 0 Å². The first-order valence-corrected chi connectivity index (χ1v) is 9.97. The van der Waals surface area contributed by atoms with Crippen LogP contribution in [-0.2, 0) is 22.4 Å². The summed E-state index contributed by atoms with van der Waals surface area (Å²) < 4.78 is 7.83. The van der Waals surface area contributed by atoms with E-state index in [1.807, 2.05) is 6.92 Å². The van der Waals surface area contributed by atoms with E-state index in [4.69, 9.17) is 4.74 Å². The van der Waals surface area contributed by atoms with Crippen molar-refractivity contribution >= 4 is 16.9 Å². The summed E-state index contributed by atoms with van der Waals surface area (Å²) in [6.07, 6.45) is 9.67. The second-order valence-electron chi connectivity index (χ2n) is 7.73. The third kappa shape index (κ3) is 2.88. The molecule has 0 bridgehead atoms. The smallest absolute Gasteiger partial charge is 0.310 e. The van der Waals surface area contributed by atoms with Gasteiger partial charge in [0.1, 0.15) is 0 Å². The van der Waals surface area contributed by atoms with Crippen LogP contribution in [0.2, 0.25) is 0 Å². The van der Waals surface area contributed by atoms with Crippen molar-refractivity contribution < 1.29 is 9.53 Å². The number of hydrogen-bond donors (Lipinski definition) is 0. The molecule has 2 aromatic rings. The standard InChI is InChI=1S/C22H29NO2/c1-3-25-21(24)14-19-15(2)23-20(16-8-5-4-6-9-16)13-12-17-10-7-11-18(19)22(17)23/h7,10-11,16,20H,3-6,8-9,12-14H2,1-2H3. The maximum Gasteiger partial charge on any atom is 0.310 e. The Morgan fingerprint density at radius 2 is 2.00 bits per heavy atom. The minimum Gasteiger partial charge on any atom is -0.466 e. The van der Waals surface area contributed by atoms with Gasteiger partial charge in [-0.2, -0.15) is 0 Å². The summed E-state index contributed by atoms with van der Waals surface area (Å²) >= 11 is 0. The minimum absolute atomic E-state index is 0.108. The van der Waals surface area contributed by atoms with E-state index in [0.29, 0.717) is 19.1 Å². The number of nitrogens with zero attached hydrogens (tertiary/aromatic N) is 1. The third-order valence-corrected chi connectivity index (χ3v) is 6.35. The molecule has 1 aliphatic carbocycles. The van der Waals surface area contributed by atoms with E-state index >= 15 is 0 Å². The number of hydrogen-bond acceptors (Lipinski definition) is 2. The Kier molecular flexibility index (Phi) is 4.58. The Balaban J connectivity index is 1.80. The fraction of sp³-hybridized carbons (Fsp3) is 0.591. The van der Waals surface area contributed by atoms with E-state index in [1.54, 1.807) is 0 Å². The van der Waals surface area contributed by atoms with E-state index < -0.39 is 0 Å². The Bertz CT molecular complexity index is 783. The molecule has 1 atom stereocenters. The summed E-state index contributed by atoms with van der Waals surface area (Å²) in [6, 6.07) is 7.22. The molecule has 0 spiro atoms. The number of aryl methyl sites for hydroxylation is 1. The number of carbonyl (C=O) groups excluding carboxylic acids is 1. The van der Waals surface area contributed by atoms with Crippen LogP contribution in [0.3, 0.4) is 0 Å². The molecule has 3 nitrogen and oxygen atoms in total. The Morgan fingerprint density at radius 3 is 2.76 bits per heavy atom. The normalized spacial score (nSPS) is 20.8. The molecule has 1 fully saturated rings. The lowest BCUT2D eigenvalue weighted by Crippen LogP contribution is -2.26. The zero-order chi connectivity index (χ0) is 17.4. The number of esters is 1. The fourth-order valence-electron chi connectivity index (χ4n) is 5.22. The van der Waals surface area contributed by atoms with Gasteiger partial charge in [0.2, 0.25) is 0 Å². The molecule has 4 rings (SSSR count). The van der Waals surface area contributed by atoms with Crippen LogP contribution in [-0.4, -0.2) is 17.1 Å². The van der Waals surface area contributed by atoms with Gasteiger partial charge in [-0.3, -0.25) is 4.79 Å². The van der Waals surface area contributed by atoms with Gasteiger partial charge in [0.15, 0.2) is 0 Å². The highest BCUT2D eigenvalue weighted by Gasteiger charge is 2.32. The first-order chi connectivity index (χ1) is 12.2. The van der Waals surface area contributed by atoms with Crippen molar-refractivity contribution in [3.8, 4) is 0 Å². The van der Waals surface area contributed by atoms with Crippen LogP contribution < -0.4 is 0 Å². The van der Waals surface area contributed by atoms with Crippen LogP contribution in [0.25, 0.3) is 10.9 Å². The summed E-state index contributed by atoms with van der Waals surface area (Å²) in [5, 5.41) is 1.27. The zero-order valence-corrected chi connectivity index (χ0v) is 15.5. The van der Waals surface area contributed by atoms with Crippen LogP contribution >= 0.6 is 0 Å². The molecule has 3 heteroatoms. The molecule has 25 heavy (non-hydrogen) atoms. The predicted octanol–water partition coefficient (Wildman–Crippen LogP) is 5.12. The van der Waals surface area contributed by atoms with Crippen LogP contribution in [0.5, 0.6) is 0 Å². The van der Waals surface area contributed by atoms with Gasteiger partial charge in [0, 0.05) is 17.1 Å². The van der Waals surface area contributed by atoms with Gasteiger partial charge in [-0.15, -0.1) is 0 Å². The molecule has 1 unspecified atom stereocenters. The van der Waals surface area contributed by atoms with Gasteiger partial charge in [-0.05, 0) is 56.6 Å². The van der Waals surface area contributed by atoms with Crippen molar-refractivity contribution in [1.82, 2.24) is 4.57 Å². The van der Waals surface area contributed by atoms with Crippen molar-refractivity contribution in [1.29, 1.82) is 0 Å². The predicted molar refractivity (Wildman–Crippen MR) is 101 cm³/mol. The Morgan fingerprint density at radius 1 is 1.20 bits per heavy atom. The van der Waals surface area contributed by atoms with E-state index in [-0.39, 0.29) is 5.97 Å². The van der Waals surface area contributed by atoms with E-state index in [2.05, 4.69) is 29.7 Å². The highest BCUT2D eigenvalue weighted by atomic mass is 16.5. The lowest BCUT2D eigenvalue weighted by molar-refractivity contribution is -0.142. The van der Waals surface area contributed by atoms with Crippen molar-refractivity contribution in [3.05, 3.63) is 35.0 Å². The third-order valence-electron chi connectivity index (χ3n) is 6.35. The van der Waals surface area contributed by atoms with E-state index in [0.717, 1.165) is 5.92 Å². The molecule has 1 aliphatic heterocycles. The highest BCUT2D eigenvalue weighted by Crippen LogP contribution is 2.44.